The van der Waals surface area contributed by atoms with Gasteiger partial charge < -0.3 is 0 Å². The number of rotatable bonds is 3. The molecule has 1 fully saturated rings. The number of hydrogen-bond acceptors (Lipinski definition) is 2. The summed E-state index contributed by atoms with van der Waals surface area (Å²) < 4.78 is 0.801. The van der Waals surface area contributed by atoms with Gasteiger partial charge in [-0.1, -0.05) is 42.8 Å². The first kappa shape index (κ1) is 13.1. The first-order valence-corrected chi connectivity index (χ1v) is 7.68. The van der Waals surface area contributed by atoms with E-state index >= 15 is 0 Å². The average Bonchev–Trinajstić information content (AvgIpc) is 3.26. The molecule has 4 heteroatoms. The topological polar surface area (TPSA) is 25.8 Å². The van der Waals surface area contributed by atoms with Crippen LogP contribution in [0.2, 0.25) is 5.15 Å². The number of aryl methyl sites for hydroxylation is 1. The Bertz CT molecular complexity index is 606. The van der Waals surface area contributed by atoms with Crippen molar-refractivity contribution in [3.63, 3.8) is 0 Å². The summed E-state index contributed by atoms with van der Waals surface area (Å²) in [6.45, 7) is 2.06. The number of benzene rings is 1. The third-order valence-corrected chi connectivity index (χ3v) is 4.77. The quantitative estimate of drug-likeness (QED) is 0.737. The number of halogens is 2. The van der Waals surface area contributed by atoms with Crippen molar-refractivity contribution in [1.82, 2.24) is 9.97 Å². The Labute approximate surface area is 126 Å². The minimum Gasteiger partial charge on any atom is -0.232 e. The van der Waals surface area contributed by atoms with E-state index in [0.717, 1.165) is 28.1 Å². The van der Waals surface area contributed by atoms with Gasteiger partial charge >= 0.3 is 0 Å². The van der Waals surface area contributed by atoms with Crippen molar-refractivity contribution >= 4 is 27.5 Å². The lowest BCUT2D eigenvalue weighted by Crippen LogP contribution is -1.97. The van der Waals surface area contributed by atoms with Gasteiger partial charge in [0, 0.05) is 5.56 Å². The van der Waals surface area contributed by atoms with Gasteiger partial charge in [-0.2, -0.15) is 0 Å². The van der Waals surface area contributed by atoms with Gasteiger partial charge in [-0.25, -0.2) is 9.97 Å². The summed E-state index contributed by atoms with van der Waals surface area (Å²) in [6.07, 6.45) is 3.47. The maximum atomic E-state index is 6.14. The Morgan fingerprint density at radius 2 is 1.89 bits per heavy atom. The lowest BCUT2D eigenvalue weighted by atomic mass is 10.1. The predicted molar refractivity (Wildman–Crippen MR) is 81.5 cm³/mol. The lowest BCUT2D eigenvalue weighted by molar-refractivity contribution is 0.990. The van der Waals surface area contributed by atoms with Gasteiger partial charge in [0.15, 0.2) is 5.82 Å². The van der Waals surface area contributed by atoms with Crippen LogP contribution in [0, 0.1) is 0 Å². The van der Waals surface area contributed by atoms with Crippen molar-refractivity contribution < 1.29 is 0 Å². The van der Waals surface area contributed by atoms with Crippen LogP contribution in [0.1, 0.15) is 36.9 Å². The van der Waals surface area contributed by atoms with E-state index in [1.165, 1.54) is 18.4 Å². The maximum Gasteiger partial charge on any atom is 0.161 e. The molecule has 0 amide bonds. The normalized spacial score (nSPS) is 14.7. The molecule has 2 nitrogen and oxygen atoms in total. The number of hydrogen-bond donors (Lipinski definition) is 0. The van der Waals surface area contributed by atoms with Crippen molar-refractivity contribution in [2.75, 3.05) is 0 Å². The zero-order valence-corrected chi connectivity index (χ0v) is 13.0. The molecule has 0 spiro atoms. The van der Waals surface area contributed by atoms with E-state index in [-0.39, 0.29) is 0 Å². The molecule has 0 N–H and O–H groups in total. The summed E-state index contributed by atoms with van der Waals surface area (Å²) in [7, 11) is 0. The molecular formula is C15H14BrClN2. The summed E-state index contributed by atoms with van der Waals surface area (Å²) in [4.78, 5) is 8.92. The van der Waals surface area contributed by atoms with E-state index in [2.05, 4.69) is 57.1 Å². The second kappa shape index (κ2) is 5.22. The highest BCUT2D eigenvalue weighted by Gasteiger charge is 2.23. The Morgan fingerprint density at radius 3 is 2.47 bits per heavy atom. The summed E-state index contributed by atoms with van der Waals surface area (Å²) in [6, 6.07) is 8.54. The summed E-state index contributed by atoms with van der Waals surface area (Å²) in [5, 5.41) is 0.480. The van der Waals surface area contributed by atoms with E-state index in [1.807, 2.05) is 0 Å². The molecular weight excluding hydrogens is 324 g/mol. The zero-order chi connectivity index (χ0) is 13.4. The number of nitrogens with zero attached hydrogens (tertiary/aromatic N) is 2. The van der Waals surface area contributed by atoms with E-state index < -0.39 is 0 Å². The SMILES string of the molecule is CCc1nc(-c2ccc(C3CC3)cc2)nc(Cl)c1Br. The summed E-state index contributed by atoms with van der Waals surface area (Å²) in [5.41, 5.74) is 3.39. The van der Waals surface area contributed by atoms with E-state index in [4.69, 9.17) is 11.6 Å². The molecule has 0 radical (unpaired) electrons. The molecule has 19 heavy (non-hydrogen) atoms. The third kappa shape index (κ3) is 2.67. The van der Waals surface area contributed by atoms with Crippen LogP contribution in [-0.2, 0) is 6.42 Å². The molecule has 0 saturated heterocycles. The van der Waals surface area contributed by atoms with E-state index in [0.29, 0.717) is 11.0 Å². The van der Waals surface area contributed by atoms with Crippen LogP contribution in [0.3, 0.4) is 0 Å². The fraction of sp³-hybridized carbons (Fsp3) is 0.333. The third-order valence-electron chi connectivity index (χ3n) is 3.43. The average molecular weight is 338 g/mol. The fourth-order valence-electron chi connectivity index (χ4n) is 2.15. The Morgan fingerprint density at radius 1 is 1.21 bits per heavy atom. The van der Waals surface area contributed by atoms with Crippen LogP contribution < -0.4 is 0 Å². The van der Waals surface area contributed by atoms with Crippen molar-refractivity contribution in [2.45, 2.75) is 32.1 Å². The minimum absolute atomic E-state index is 0.480. The first-order valence-electron chi connectivity index (χ1n) is 6.51. The van der Waals surface area contributed by atoms with Gasteiger partial charge in [0.1, 0.15) is 5.15 Å². The van der Waals surface area contributed by atoms with Crippen LogP contribution in [0.15, 0.2) is 28.7 Å². The van der Waals surface area contributed by atoms with Crippen LogP contribution >= 0.6 is 27.5 Å². The van der Waals surface area contributed by atoms with E-state index in [9.17, 15) is 0 Å². The Kier molecular flexibility index (Phi) is 3.59. The molecule has 1 aromatic heterocycles. The summed E-state index contributed by atoms with van der Waals surface area (Å²) >= 11 is 9.57. The van der Waals surface area contributed by atoms with Gasteiger partial charge in [0.25, 0.3) is 0 Å². The second-order valence-corrected chi connectivity index (χ2v) is 6.00. The van der Waals surface area contributed by atoms with Crippen molar-refractivity contribution in [1.29, 1.82) is 0 Å². The highest BCUT2D eigenvalue weighted by molar-refractivity contribution is 9.10. The largest absolute Gasteiger partial charge is 0.232 e. The molecule has 0 bridgehead atoms. The van der Waals surface area contributed by atoms with Crippen molar-refractivity contribution in [3.8, 4) is 11.4 Å². The van der Waals surface area contributed by atoms with Crippen molar-refractivity contribution in [2.24, 2.45) is 0 Å². The lowest BCUT2D eigenvalue weighted by Gasteiger charge is -2.07. The highest BCUT2D eigenvalue weighted by atomic mass is 79.9. The highest BCUT2D eigenvalue weighted by Crippen LogP contribution is 2.40. The molecule has 1 aliphatic rings. The van der Waals surface area contributed by atoms with Crippen LogP contribution in [0.4, 0.5) is 0 Å². The molecule has 3 rings (SSSR count). The van der Waals surface area contributed by atoms with Gasteiger partial charge in [0.05, 0.1) is 10.2 Å². The predicted octanol–water partition coefficient (Wildman–Crippen LogP) is 5.00. The molecule has 1 heterocycles. The number of aromatic nitrogens is 2. The Hall–Kier alpha value is -0.930. The standard InChI is InChI=1S/C15H14BrClN2/c1-2-12-13(16)14(17)19-15(18-12)11-7-5-10(6-8-11)9-3-4-9/h5-9H,2-4H2,1H3. The van der Waals surface area contributed by atoms with Gasteiger partial charge in [-0.05, 0) is 46.7 Å². The molecule has 0 unspecified atom stereocenters. The van der Waals surface area contributed by atoms with Crippen molar-refractivity contribution in [3.05, 3.63) is 45.1 Å². The van der Waals surface area contributed by atoms with Gasteiger partial charge in [0.2, 0.25) is 0 Å². The van der Waals surface area contributed by atoms with E-state index in [1.54, 1.807) is 0 Å². The molecule has 1 aromatic carbocycles. The molecule has 98 valence electrons. The molecule has 0 aliphatic heterocycles. The molecule has 1 saturated carbocycles. The molecule has 1 aliphatic carbocycles. The maximum absolute atomic E-state index is 6.14. The van der Waals surface area contributed by atoms with Crippen LogP contribution in [0.25, 0.3) is 11.4 Å². The van der Waals surface area contributed by atoms with Crippen LogP contribution in [0.5, 0.6) is 0 Å². The second-order valence-electron chi connectivity index (χ2n) is 4.85. The summed E-state index contributed by atoms with van der Waals surface area (Å²) in [5.74, 6) is 1.47. The Balaban J connectivity index is 1.98. The molecule has 0 atom stereocenters. The smallest absolute Gasteiger partial charge is 0.161 e. The van der Waals surface area contributed by atoms with Gasteiger partial charge in [-0.3, -0.25) is 0 Å². The minimum atomic E-state index is 0.480. The fourth-order valence-corrected chi connectivity index (χ4v) is 2.79. The first-order chi connectivity index (χ1) is 9.19. The van der Waals surface area contributed by atoms with Crippen LogP contribution in [-0.4, -0.2) is 9.97 Å². The molecule has 2 aromatic rings. The zero-order valence-electron chi connectivity index (χ0n) is 10.7. The monoisotopic (exact) mass is 336 g/mol. The van der Waals surface area contributed by atoms with Gasteiger partial charge in [-0.15, -0.1) is 0 Å².